The second-order valence-electron chi connectivity index (χ2n) is 7.98. The van der Waals surface area contributed by atoms with Crippen LogP contribution in [0.4, 0.5) is 0 Å². The fourth-order valence-electron chi connectivity index (χ4n) is 4.36. The summed E-state index contributed by atoms with van der Waals surface area (Å²) in [7, 11) is 0. The molecule has 2 aliphatic rings. The average Bonchev–Trinajstić information content (AvgIpc) is 2.79. The number of nitrogens with zero attached hydrogens (tertiary/aromatic N) is 1. The lowest BCUT2D eigenvalue weighted by molar-refractivity contribution is 0.0211. The third kappa shape index (κ3) is 4.81. The molecule has 0 saturated carbocycles. The molecule has 4 nitrogen and oxygen atoms in total. The number of hydrogen-bond donors (Lipinski definition) is 1. The van der Waals surface area contributed by atoms with Crippen molar-refractivity contribution in [2.45, 2.75) is 31.7 Å². The van der Waals surface area contributed by atoms with Crippen LogP contribution in [0.3, 0.4) is 0 Å². The fraction of sp³-hybridized carbons (Fsp3) is 0.458. The molecule has 2 aliphatic heterocycles. The Morgan fingerprint density at radius 3 is 2.21 bits per heavy atom. The van der Waals surface area contributed by atoms with Crippen molar-refractivity contribution in [2.75, 3.05) is 32.8 Å². The zero-order valence-electron chi connectivity index (χ0n) is 16.5. The van der Waals surface area contributed by atoms with Gasteiger partial charge in [-0.3, -0.25) is 4.79 Å². The highest BCUT2D eigenvalue weighted by atomic mass is 16.5. The van der Waals surface area contributed by atoms with E-state index >= 15 is 0 Å². The van der Waals surface area contributed by atoms with Gasteiger partial charge in [-0.15, -0.1) is 0 Å². The maximum Gasteiger partial charge on any atom is 0.251 e. The molecule has 0 unspecified atom stereocenters. The smallest absolute Gasteiger partial charge is 0.251 e. The molecule has 1 N–H and O–H groups in total. The highest BCUT2D eigenvalue weighted by Gasteiger charge is 2.26. The van der Waals surface area contributed by atoms with E-state index in [1.54, 1.807) is 0 Å². The van der Waals surface area contributed by atoms with Gasteiger partial charge in [0.15, 0.2) is 0 Å². The van der Waals surface area contributed by atoms with E-state index in [4.69, 9.17) is 4.74 Å². The van der Waals surface area contributed by atoms with Gasteiger partial charge in [0, 0.05) is 31.4 Å². The summed E-state index contributed by atoms with van der Waals surface area (Å²) in [6.45, 7) is 4.89. The first-order chi connectivity index (χ1) is 13.8. The van der Waals surface area contributed by atoms with Crippen molar-refractivity contribution in [3.63, 3.8) is 0 Å². The number of nitrogens with one attached hydrogen (secondary N) is 1. The molecule has 2 aromatic rings. The highest BCUT2D eigenvalue weighted by molar-refractivity contribution is 5.94. The van der Waals surface area contributed by atoms with E-state index in [1.807, 2.05) is 42.5 Å². The Balaban J connectivity index is 1.23. The number of piperidine rings is 1. The summed E-state index contributed by atoms with van der Waals surface area (Å²) in [6, 6.07) is 18.8. The van der Waals surface area contributed by atoms with Crippen LogP contribution in [0.1, 0.15) is 36.0 Å². The zero-order chi connectivity index (χ0) is 19.2. The second-order valence-corrected chi connectivity index (χ2v) is 7.98. The molecule has 1 amide bonds. The standard InChI is InChI=1S/C24H30N2O2/c27-24(22-8-6-21(7-9-22)20-4-2-1-3-5-20)25-18-19-10-14-26(15-11-19)23-12-16-28-17-13-23/h1-9,19,23H,10-18H2,(H,25,27). The first-order valence-electron chi connectivity index (χ1n) is 10.5. The first-order valence-corrected chi connectivity index (χ1v) is 10.5. The number of carbonyl (C=O) groups excluding carboxylic acids is 1. The van der Waals surface area contributed by atoms with E-state index in [0.717, 1.165) is 44.0 Å². The van der Waals surface area contributed by atoms with Gasteiger partial charge in [-0.05, 0) is 68.0 Å². The molecule has 0 spiro atoms. The summed E-state index contributed by atoms with van der Waals surface area (Å²) in [5.74, 6) is 0.620. The number of ether oxygens (including phenoxy) is 1. The normalized spacial score (nSPS) is 19.4. The molecule has 2 heterocycles. The van der Waals surface area contributed by atoms with Gasteiger partial charge < -0.3 is 15.0 Å². The Hall–Kier alpha value is -2.17. The Morgan fingerprint density at radius 1 is 0.893 bits per heavy atom. The van der Waals surface area contributed by atoms with Crippen molar-refractivity contribution < 1.29 is 9.53 Å². The van der Waals surface area contributed by atoms with Crippen molar-refractivity contribution in [3.8, 4) is 11.1 Å². The molecule has 2 fully saturated rings. The molecule has 4 heteroatoms. The molecule has 0 radical (unpaired) electrons. The molecule has 2 aromatic carbocycles. The fourth-order valence-corrected chi connectivity index (χ4v) is 4.36. The van der Waals surface area contributed by atoms with Crippen molar-refractivity contribution in [2.24, 2.45) is 5.92 Å². The Bertz CT molecular complexity index is 746. The molecular formula is C24H30N2O2. The minimum atomic E-state index is 0.0338. The lowest BCUT2D eigenvalue weighted by atomic mass is 9.94. The van der Waals surface area contributed by atoms with Gasteiger partial charge in [0.1, 0.15) is 0 Å². The lowest BCUT2D eigenvalue weighted by Gasteiger charge is -2.39. The lowest BCUT2D eigenvalue weighted by Crippen LogP contribution is -2.45. The van der Waals surface area contributed by atoms with Crippen LogP contribution in [-0.4, -0.2) is 49.7 Å². The van der Waals surface area contributed by atoms with E-state index < -0.39 is 0 Å². The minimum absolute atomic E-state index is 0.0338. The van der Waals surface area contributed by atoms with Gasteiger partial charge in [0.05, 0.1) is 0 Å². The maximum absolute atomic E-state index is 12.5. The predicted molar refractivity (Wildman–Crippen MR) is 112 cm³/mol. The summed E-state index contributed by atoms with van der Waals surface area (Å²) in [6.07, 6.45) is 4.68. The summed E-state index contributed by atoms with van der Waals surface area (Å²) >= 11 is 0. The van der Waals surface area contributed by atoms with Crippen molar-refractivity contribution in [1.29, 1.82) is 0 Å². The van der Waals surface area contributed by atoms with E-state index in [1.165, 1.54) is 31.2 Å². The van der Waals surface area contributed by atoms with E-state index in [2.05, 4.69) is 22.3 Å². The molecule has 148 valence electrons. The number of likely N-dealkylation sites (tertiary alicyclic amines) is 1. The van der Waals surface area contributed by atoms with E-state index in [9.17, 15) is 4.79 Å². The van der Waals surface area contributed by atoms with Crippen LogP contribution in [0.2, 0.25) is 0 Å². The number of rotatable bonds is 5. The number of amides is 1. The van der Waals surface area contributed by atoms with Gasteiger partial charge in [-0.25, -0.2) is 0 Å². The van der Waals surface area contributed by atoms with Crippen LogP contribution in [0.5, 0.6) is 0 Å². The summed E-state index contributed by atoms with van der Waals surface area (Å²) < 4.78 is 5.48. The zero-order valence-corrected chi connectivity index (χ0v) is 16.5. The van der Waals surface area contributed by atoms with Crippen LogP contribution in [0, 0.1) is 5.92 Å². The minimum Gasteiger partial charge on any atom is -0.381 e. The number of carbonyl (C=O) groups is 1. The van der Waals surface area contributed by atoms with Gasteiger partial charge in [-0.1, -0.05) is 42.5 Å². The van der Waals surface area contributed by atoms with Gasteiger partial charge in [-0.2, -0.15) is 0 Å². The Morgan fingerprint density at radius 2 is 1.54 bits per heavy atom. The van der Waals surface area contributed by atoms with E-state index in [0.29, 0.717) is 12.0 Å². The molecule has 0 bridgehead atoms. The third-order valence-corrected chi connectivity index (χ3v) is 6.16. The monoisotopic (exact) mass is 378 g/mol. The molecule has 28 heavy (non-hydrogen) atoms. The topological polar surface area (TPSA) is 41.6 Å². The van der Waals surface area contributed by atoms with Gasteiger partial charge >= 0.3 is 0 Å². The second kappa shape index (κ2) is 9.35. The van der Waals surface area contributed by atoms with Crippen LogP contribution < -0.4 is 5.32 Å². The maximum atomic E-state index is 12.5. The number of hydrogen-bond acceptors (Lipinski definition) is 3. The summed E-state index contributed by atoms with van der Waals surface area (Å²) in [4.78, 5) is 15.1. The van der Waals surface area contributed by atoms with Crippen LogP contribution in [0.15, 0.2) is 54.6 Å². The third-order valence-electron chi connectivity index (χ3n) is 6.16. The van der Waals surface area contributed by atoms with Crippen LogP contribution >= 0.6 is 0 Å². The number of benzene rings is 2. The molecule has 0 aromatic heterocycles. The van der Waals surface area contributed by atoms with Crippen molar-refractivity contribution in [1.82, 2.24) is 10.2 Å². The Kier molecular flexibility index (Phi) is 6.40. The highest BCUT2D eigenvalue weighted by Crippen LogP contribution is 2.23. The molecule has 2 saturated heterocycles. The first kappa shape index (κ1) is 19.2. The molecule has 0 aliphatic carbocycles. The SMILES string of the molecule is O=C(NCC1CCN(C2CCOCC2)CC1)c1ccc(-c2ccccc2)cc1. The largest absolute Gasteiger partial charge is 0.381 e. The molecule has 4 rings (SSSR count). The molecular weight excluding hydrogens is 348 g/mol. The average molecular weight is 379 g/mol. The Labute approximate surface area is 167 Å². The van der Waals surface area contributed by atoms with Crippen molar-refractivity contribution in [3.05, 3.63) is 60.2 Å². The van der Waals surface area contributed by atoms with Gasteiger partial charge in [0.2, 0.25) is 0 Å². The summed E-state index contributed by atoms with van der Waals surface area (Å²) in [5, 5.41) is 3.14. The van der Waals surface area contributed by atoms with E-state index in [-0.39, 0.29) is 5.91 Å². The quantitative estimate of drug-likeness (QED) is 0.856. The van der Waals surface area contributed by atoms with Gasteiger partial charge in [0.25, 0.3) is 5.91 Å². The van der Waals surface area contributed by atoms with Crippen molar-refractivity contribution >= 4 is 5.91 Å². The van der Waals surface area contributed by atoms with Crippen LogP contribution in [-0.2, 0) is 4.74 Å². The van der Waals surface area contributed by atoms with Crippen LogP contribution in [0.25, 0.3) is 11.1 Å². The molecule has 0 atom stereocenters. The summed E-state index contributed by atoms with van der Waals surface area (Å²) in [5.41, 5.74) is 3.04. The predicted octanol–water partition coefficient (Wildman–Crippen LogP) is 3.97.